The molecule has 0 N–H and O–H groups in total. The second-order valence-electron chi connectivity index (χ2n) is 12.8. The van der Waals surface area contributed by atoms with Crippen LogP contribution in [0.1, 0.15) is 0 Å². The van der Waals surface area contributed by atoms with Gasteiger partial charge in [-0.05, 0) is 101 Å². The fraction of sp³-hybridized carbons (Fsp3) is 0. The topological polar surface area (TPSA) is 13.1 Å². The Kier molecular flexibility index (Phi) is 6.25. The van der Waals surface area contributed by atoms with Crippen LogP contribution in [0.5, 0.6) is 0 Å². The molecule has 0 aliphatic rings. The summed E-state index contributed by atoms with van der Waals surface area (Å²) in [5.74, 6) is 0. The normalized spacial score (nSPS) is 11.7. The fourth-order valence-corrected chi connectivity index (χ4v) is 7.87. The Bertz CT molecular complexity index is 2800. The van der Waals surface area contributed by atoms with Crippen LogP contribution in [0.25, 0.3) is 98.8 Å². The van der Waals surface area contributed by atoms with Crippen molar-refractivity contribution in [3.05, 3.63) is 182 Å². The average molecular weight is 623 g/mol. The van der Waals surface area contributed by atoms with E-state index in [1.165, 1.54) is 76.8 Å². The first kappa shape index (κ1) is 27.7. The molecule has 0 fully saturated rings. The lowest BCUT2D eigenvalue weighted by molar-refractivity contribution is 0.669. The molecule has 0 atom stereocenters. The standard InChI is InChI=1S/C48H30O/c1-3-13-31(14-4-1)33-25-27-36-35(29-33)17-11-22-37(36)46-38-18-7-9-20-40(38)47(41-21-10-8-19-39(41)46)42-23-12-24-45-48(42)43-30-34(26-28-44(43)49-45)32-15-5-2-6-16-32/h1-30H. The third-order valence-electron chi connectivity index (χ3n) is 10.1. The molecule has 228 valence electrons. The van der Waals surface area contributed by atoms with E-state index in [4.69, 9.17) is 4.42 Å². The van der Waals surface area contributed by atoms with E-state index in [-0.39, 0.29) is 0 Å². The zero-order chi connectivity index (χ0) is 32.3. The predicted molar refractivity (Wildman–Crippen MR) is 208 cm³/mol. The zero-order valence-corrected chi connectivity index (χ0v) is 26.7. The van der Waals surface area contributed by atoms with E-state index < -0.39 is 0 Å². The molecule has 10 rings (SSSR count). The van der Waals surface area contributed by atoms with Gasteiger partial charge in [0.1, 0.15) is 11.2 Å². The Hall–Kier alpha value is -6.44. The Balaban J connectivity index is 1.27. The maximum atomic E-state index is 6.51. The van der Waals surface area contributed by atoms with Crippen LogP contribution in [-0.4, -0.2) is 0 Å². The zero-order valence-electron chi connectivity index (χ0n) is 26.7. The molecule has 0 saturated heterocycles. The molecule has 1 nitrogen and oxygen atoms in total. The molecule has 0 unspecified atom stereocenters. The molecule has 0 aliphatic carbocycles. The fourth-order valence-electron chi connectivity index (χ4n) is 7.87. The lowest BCUT2D eigenvalue weighted by Crippen LogP contribution is -1.92. The van der Waals surface area contributed by atoms with Gasteiger partial charge in [0.2, 0.25) is 0 Å². The molecule has 0 amide bonds. The Labute approximate surface area is 284 Å². The third kappa shape index (κ3) is 4.40. The van der Waals surface area contributed by atoms with Crippen LogP contribution < -0.4 is 0 Å². The van der Waals surface area contributed by atoms with Crippen molar-refractivity contribution in [2.45, 2.75) is 0 Å². The highest BCUT2D eigenvalue weighted by Crippen LogP contribution is 2.48. The SMILES string of the molecule is c1ccc(-c2ccc3c(-c4c5ccccc5c(-c5cccc6oc7ccc(-c8ccccc8)cc7c56)c5ccccc45)cccc3c2)cc1. The monoisotopic (exact) mass is 622 g/mol. The highest BCUT2D eigenvalue weighted by atomic mass is 16.3. The first-order chi connectivity index (χ1) is 24.3. The van der Waals surface area contributed by atoms with E-state index in [9.17, 15) is 0 Å². The lowest BCUT2D eigenvalue weighted by Gasteiger charge is -2.19. The van der Waals surface area contributed by atoms with Crippen LogP contribution in [0.15, 0.2) is 186 Å². The molecular formula is C48H30O. The molecule has 0 radical (unpaired) electrons. The summed E-state index contributed by atoms with van der Waals surface area (Å²) in [5.41, 5.74) is 11.6. The Morgan fingerprint density at radius 2 is 0.816 bits per heavy atom. The van der Waals surface area contributed by atoms with Gasteiger partial charge in [-0.2, -0.15) is 0 Å². The van der Waals surface area contributed by atoms with E-state index >= 15 is 0 Å². The number of hydrogen-bond acceptors (Lipinski definition) is 1. The smallest absolute Gasteiger partial charge is 0.136 e. The summed E-state index contributed by atoms with van der Waals surface area (Å²) in [5, 5.41) is 9.72. The lowest BCUT2D eigenvalue weighted by atomic mass is 9.83. The number of rotatable bonds is 4. The molecule has 10 aromatic rings. The summed E-state index contributed by atoms with van der Waals surface area (Å²) >= 11 is 0. The van der Waals surface area contributed by atoms with Gasteiger partial charge < -0.3 is 4.42 Å². The summed E-state index contributed by atoms with van der Waals surface area (Å²) in [6, 6.07) is 65.7. The summed E-state index contributed by atoms with van der Waals surface area (Å²) in [7, 11) is 0. The first-order valence-electron chi connectivity index (χ1n) is 16.8. The van der Waals surface area contributed by atoms with Crippen molar-refractivity contribution in [2.24, 2.45) is 0 Å². The maximum absolute atomic E-state index is 6.51. The van der Waals surface area contributed by atoms with Crippen molar-refractivity contribution in [3.63, 3.8) is 0 Å². The van der Waals surface area contributed by atoms with Gasteiger partial charge in [0.25, 0.3) is 0 Å². The summed E-state index contributed by atoms with van der Waals surface area (Å²) in [6.07, 6.45) is 0. The number of furan rings is 1. The minimum absolute atomic E-state index is 0.901. The Morgan fingerprint density at radius 1 is 0.286 bits per heavy atom. The number of hydrogen-bond donors (Lipinski definition) is 0. The molecule has 49 heavy (non-hydrogen) atoms. The maximum Gasteiger partial charge on any atom is 0.136 e. The Morgan fingerprint density at radius 3 is 1.47 bits per heavy atom. The van der Waals surface area contributed by atoms with Crippen molar-refractivity contribution in [2.75, 3.05) is 0 Å². The predicted octanol–water partition coefficient (Wildman–Crippen LogP) is 13.7. The van der Waals surface area contributed by atoms with Gasteiger partial charge in [0.05, 0.1) is 0 Å². The summed E-state index contributed by atoms with van der Waals surface area (Å²) in [4.78, 5) is 0. The van der Waals surface area contributed by atoms with Gasteiger partial charge in [-0.3, -0.25) is 0 Å². The van der Waals surface area contributed by atoms with Crippen molar-refractivity contribution < 1.29 is 4.42 Å². The number of benzene rings is 9. The van der Waals surface area contributed by atoms with Crippen LogP contribution >= 0.6 is 0 Å². The number of fused-ring (bicyclic) bond motifs is 6. The van der Waals surface area contributed by atoms with Crippen molar-refractivity contribution in [3.8, 4) is 44.5 Å². The molecular weight excluding hydrogens is 593 g/mol. The minimum atomic E-state index is 0.901. The van der Waals surface area contributed by atoms with Gasteiger partial charge in [-0.1, -0.05) is 158 Å². The second-order valence-corrected chi connectivity index (χ2v) is 12.8. The second kappa shape index (κ2) is 11.1. The van der Waals surface area contributed by atoms with Crippen LogP contribution in [-0.2, 0) is 0 Å². The van der Waals surface area contributed by atoms with Crippen LogP contribution in [0.4, 0.5) is 0 Å². The molecule has 1 aromatic heterocycles. The van der Waals surface area contributed by atoms with E-state index in [1.54, 1.807) is 0 Å². The molecule has 0 saturated carbocycles. The van der Waals surface area contributed by atoms with Gasteiger partial charge in [-0.25, -0.2) is 0 Å². The van der Waals surface area contributed by atoms with Crippen LogP contribution in [0.2, 0.25) is 0 Å². The first-order valence-corrected chi connectivity index (χ1v) is 16.8. The van der Waals surface area contributed by atoms with Gasteiger partial charge in [0, 0.05) is 10.8 Å². The van der Waals surface area contributed by atoms with Gasteiger partial charge in [-0.15, -0.1) is 0 Å². The molecule has 1 heteroatoms. The van der Waals surface area contributed by atoms with E-state index in [0.29, 0.717) is 0 Å². The van der Waals surface area contributed by atoms with Crippen molar-refractivity contribution in [1.82, 2.24) is 0 Å². The summed E-state index contributed by atoms with van der Waals surface area (Å²) in [6.45, 7) is 0. The summed E-state index contributed by atoms with van der Waals surface area (Å²) < 4.78 is 6.51. The quantitative estimate of drug-likeness (QED) is 0.178. The van der Waals surface area contributed by atoms with Gasteiger partial charge in [0.15, 0.2) is 0 Å². The van der Waals surface area contributed by atoms with Crippen LogP contribution in [0, 0.1) is 0 Å². The average Bonchev–Trinajstić information content (AvgIpc) is 3.56. The van der Waals surface area contributed by atoms with E-state index in [0.717, 1.165) is 21.9 Å². The molecule has 1 heterocycles. The van der Waals surface area contributed by atoms with Crippen LogP contribution in [0.3, 0.4) is 0 Å². The van der Waals surface area contributed by atoms with Crippen molar-refractivity contribution >= 4 is 54.3 Å². The largest absolute Gasteiger partial charge is 0.456 e. The van der Waals surface area contributed by atoms with E-state index in [1.807, 2.05) is 0 Å². The van der Waals surface area contributed by atoms with E-state index in [2.05, 4.69) is 182 Å². The minimum Gasteiger partial charge on any atom is -0.456 e. The molecule has 0 spiro atoms. The highest BCUT2D eigenvalue weighted by molar-refractivity contribution is 6.27. The molecule has 0 aliphatic heterocycles. The van der Waals surface area contributed by atoms with Gasteiger partial charge >= 0.3 is 0 Å². The molecule has 9 aromatic carbocycles. The molecule has 0 bridgehead atoms. The highest BCUT2D eigenvalue weighted by Gasteiger charge is 2.21. The van der Waals surface area contributed by atoms with Crippen molar-refractivity contribution in [1.29, 1.82) is 0 Å². The third-order valence-corrected chi connectivity index (χ3v) is 10.1.